The fraction of sp³-hybridized carbons (Fsp3) is 0.444. The summed E-state index contributed by atoms with van der Waals surface area (Å²) < 4.78 is 8.06. The zero-order valence-corrected chi connectivity index (χ0v) is 9.25. The van der Waals surface area contributed by atoms with Gasteiger partial charge in [-0.15, -0.1) is 0 Å². The molecule has 0 N–H and O–H groups in total. The van der Waals surface area contributed by atoms with Crippen LogP contribution in [-0.2, 0) is 6.54 Å². The summed E-state index contributed by atoms with van der Waals surface area (Å²) in [6.07, 6.45) is 4.68. The van der Waals surface area contributed by atoms with Crippen LogP contribution < -0.4 is 4.74 Å². The molecule has 0 aliphatic rings. The van der Waals surface area contributed by atoms with Crippen LogP contribution in [0.2, 0.25) is 0 Å². The Morgan fingerprint density at radius 2 is 2.54 bits per heavy atom. The fourth-order valence-corrected chi connectivity index (χ4v) is 1.05. The van der Waals surface area contributed by atoms with Gasteiger partial charge in [0, 0.05) is 11.0 Å². The lowest BCUT2D eigenvalue weighted by Gasteiger charge is -1.99. The summed E-state index contributed by atoms with van der Waals surface area (Å²) in [7, 11) is 0. The van der Waals surface area contributed by atoms with E-state index < -0.39 is 0 Å². The molecule has 72 valence electrons. The third-order valence-corrected chi connectivity index (χ3v) is 1.69. The number of nitrogens with zero attached hydrogens (tertiary/aromatic N) is 2. The Hall–Kier alpha value is -0.770. The predicted molar refractivity (Wildman–Crippen MR) is 56.1 cm³/mol. The highest BCUT2D eigenvalue weighted by molar-refractivity contribution is 9.11. The Bertz CT molecular complexity index is 283. The molecule has 0 spiro atoms. The van der Waals surface area contributed by atoms with Crippen molar-refractivity contribution in [3.8, 4) is 5.75 Å². The molecule has 1 rings (SSSR count). The first kappa shape index (κ1) is 10.3. The van der Waals surface area contributed by atoms with Crippen LogP contribution in [0.1, 0.15) is 13.3 Å². The van der Waals surface area contributed by atoms with Crippen molar-refractivity contribution in [1.82, 2.24) is 9.78 Å². The van der Waals surface area contributed by atoms with E-state index in [1.54, 1.807) is 6.20 Å². The molecule has 0 aliphatic carbocycles. The molecule has 0 aliphatic heterocycles. The van der Waals surface area contributed by atoms with E-state index in [2.05, 4.69) is 34.5 Å². The molecule has 4 heteroatoms. The van der Waals surface area contributed by atoms with Crippen LogP contribution in [0.25, 0.3) is 0 Å². The maximum Gasteiger partial charge on any atom is 0.157 e. The second-order valence-corrected chi connectivity index (χ2v) is 3.87. The van der Waals surface area contributed by atoms with Gasteiger partial charge in [-0.3, -0.25) is 4.68 Å². The predicted octanol–water partition coefficient (Wildman–Crippen LogP) is 2.58. The average molecular weight is 245 g/mol. The monoisotopic (exact) mass is 244 g/mol. The smallest absolute Gasteiger partial charge is 0.157 e. The van der Waals surface area contributed by atoms with Crippen LogP contribution in [0.5, 0.6) is 5.75 Å². The van der Waals surface area contributed by atoms with Crippen LogP contribution in [0.3, 0.4) is 0 Å². The first-order valence-corrected chi connectivity index (χ1v) is 5.00. The quantitative estimate of drug-likeness (QED) is 0.797. The van der Waals surface area contributed by atoms with Gasteiger partial charge in [0.25, 0.3) is 0 Å². The minimum absolute atomic E-state index is 0.484. The molecule has 1 heterocycles. The standard InChI is InChI=1S/C9H13BrN2O/c1-3-4-12-6-9(5-11-12)13-7-8(2)10/h5-6H,2-4,7H2,1H3. The van der Waals surface area contributed by atoms with Gasteiger partial charge >= 0.3 is 0 Å². The van der Waals surface area contributed by atoms with Crippen LogP contribution in [-0.4, -0.2) is 16.4 Å². The molecule has 0 atom stereocenters. The molecular formula is C9H13BrN2O. The lowest BCUT2D eigenvalue weighted by molar-refractivity contribution is 0.360. The summed E-state index contributed by atoms with van der Waals surface area (Å²) in [4.78, 5) is 0. The van der Waals surface area contributed by atoms with Gasteiger partial charge in [0.1, 0.15) is 6.61 Å². The van der Waals surface area contributed by atoms with Gasteiger partial charge in [0.05, 0.1) is 12.4 Å². The van der Waals surface area contributed by atoms with Crippen LogP contribution >= 0.6 is 15.9 Å². The van der Waals surface area contributed by atoms with Gasteiger partial charge in [0.15, 0.2) is 5.75 Å². The Morgan fingerprint density at radius 1 is 1.77 bits per heavy atom. The number of ether oxygens (including phenoxy) is 1. The van der Waals surface area contributed by atoms with Crippen molar-refractivity contribution in [3.05, 3.63) is 23.5 Å². The number of hydrogen-bond donors (Lipinski definition) is 0. The molecule has 13 heavy (non-hydrogen) atoms. The number of rotatable bonds is 5. The van der Waals surface area contributed by atoms with Gasteiger partial charge in [0.2, 0.25) is 0 Å². The highest BCUT2D eigenvalue weighted by Gasteiger charge is 1.98. The number of halogens is 1. The van der Waals surface area contributed by atoms with E-state index in [0.717, 1.165) is 23.2 Å². The summed E-state index contributed by atoms with van der Waals surface area (Å²) in [5.41, 5.74) is 0. The van der Waals surface area contributed by atoms with Gasteiger partial charge < -0.3 is 4.74 Å². The lowest BCUT2D eigenvalue weighted by atomic mass is 10.5. The zero-order chi connectivity index (χ0) is 9.68. The van der Waals surface area contributed by atoms with E-state index in [-0.39, 0.29) is 0 Å². The summed E-state index contributed by atoms with van der Waals surface area (Å²) in [6.45, 7) is 7.20. The van der Waals surface area contributed by atoms with Crippen molar-refractivity contribution in [2.24, 2.45) is 0 Å². The molecule has 1 aromatic heterocycles. The third kappa shape index (κ3) is 3.63. The largest absolute Gasteiger partial charge is 0.485 e. The van der Waals surface area contributed by atoms with Gasteiger partial charge in [-0.25, -0.2) is 0 Å². The summed E-state index contributed by atoms with van der Waals surface area (Å²) in [6, 6.07) is 0. The van der Waals surface area contributed by atoms with E-state index in [9.17, 15) is 0 Å². The molecule has 0 fully saturated rings. The van der Waals surface area contributed by atoms with E-state index in [1.165, 1.54) is 0 Å². The van der Waals surface area contributed by atoms with Crippen molar-refractivity contribution in [1.29, 1.82) is 0 Å². The van der Waals surface area contributed by atoms with Gasteiger partial charge in [-0.2, -0.15) is 5.10 Å². The molecule has 0 bridgehead atoms. The lowest BCUT2D eigenvalue weighted by Crippen LogP contribution is -1.96. The summed E-state index contributed by atoms with van der Waals surface area (Å²) in [5.74, 6) is 0.786. The first-order chi connectivity index (χ1) is 6.22. The van der Waals surface area contributed by atoms with E-state index in [0.29, 0.717) is 6.61 Å². The normalized spacial score (nSPS) is 10.0. The minimum Gasteiger partial charge on any atom is -0.485 e. The molecule has 3 nitrogen and oxygen atoms in total. The molecule has 1 aromatic rings. The average Bonchev–Trinajstić information content (AvgIpc) is 2.50. The molecule has 0 saturated heterocycles. The molecule has 0 saturated carbocycles. The topological polar surface area (TPSA) is 27.1 Å². The molecule has 0 unspecified atom stereocenters. The van der Waals surface area contributed by atoms with Crippen LogP contribution in [0, 0.1) is 0 Å². The summed E-state index contributed by atoms with van der Waals surface area (Å²) in [5, 5.41) is 4.13. The number of aryl methyl sites for hydroxylation is 1. The number of hydrogen-bond acceptors (Lipinski definition) is 2. The van der Waals surface area contributed by atoms with Crippen LogP contribution in [0.4, 0.5) is 0 Å². The van der Waals surface area contributed by atoms with Crippen molar-refractivity contribution in [2.45, 2.75) is 19.9 Å². The zero-order valence-electron chi connectivity index (χ0n) is 7.66. The van der Waals surface area contributed by atoms with Crippen molar-refractivity contribution in [2.75, 3.05) is 6.61 Å². The molecule has 0 amide bonds. The Kier molecular flexibility index (Phi) is 4.02. The van der Waals surface area contributed by atoms with Gasteiger partial charge in [-0.05, 0) is 6.42 Å². The second-order valence-electron chi connectivity index (χ2n) is 2.75. The van der Waals surface area contributed by atoms with E-state index in [1.807, 2.05) is 10.9 Å². The van der Waals surface area contributed by atoms with Crippen molar-refractivity contribution >= 4 is 15.9 Å². The van der Waals surface area contributed by atoms with E-state index in [4.69, 9.17) is 4.74 Å². The minimum atomic E-state index is 0.484. The van der Waals surface area contributed by atoms with Crippen molar-refractivity contribution < 1.29 is 4.74 Å². The Balaban J connectivity index is 2.44. The highest BCUT2D eigenvalue weighted by Crippen LogP contribution is 2.11. The summed E-state index contributed by atoms with van der Waals surface area (Å²) >= 11 is 3.22. The van der Waals surface area contributed by atoms with E-state index >= 15 is 0 Å². The maximum atomic E-state index is 5.36. The Morgan fingerprint density at radius 3 is 3.15 bits per heavy atom. The first-order valence-electron chi connectivity index (χ1n) is 4.21. The van der Waals surface area contributed by atoms with Crippen molar-refractivity contribution in [3.63, 3.8) is 0 Å². The van der Waals surface area contributed by atoms with Crippen LogP contribution in [0.15, 0.2) is 23.5 Å². The molecular weight excluding hydrogens is 232 g/mol. The molecule has 0 radical (unpaired) electrons. The molecule has 0 aromatic carbocycles. The van der Waals surface area contributed by atoms with Gasteiger partial charge in [-0.1, -0.05) is 29.4 Å². The SMILES string of the molecule is C=C(Br)COc1cnn(CCC)c1. The fourth-order valence-electron chi connectivity index (χ4n) is 0.932. The Labute approximate surface area is 86.5 Å². The maximum absolute atomic E-state index is 5.36. The number of aromatic nitrogens is 2. The highest BCUT2D eigenvalue weighted by atomic mass is 79.9. The third-order valence-electron chi connectivity index (χ3n) is 1.46. The second kappa shape index (κ2) is 5.07.